The molecule has 4 nitrogen and oxygen atoms in total. The molecule has 0 radical (unpaired) electrons. The summed E-state index contributed by atoms with van der Waals surface area (Å²) in [5.74, 6) is 0.0446. The van der Waals surface area contributed by atoms with Crippen molar-refractivity contribution in [1.29, 1.82) is 5.26 Å². The first-order chi connectivity index (χ1) is 10.6. The van der Waals surface area contributed by atoms with Crippen molar-refractivity contribution in [3.63, 3.8) is 0 Å². The molecule has 2 rings (SSSR count). The number of halogens is 1. The van der Waals surface area contributed by atoms with Crippen LogP contribution in [0.25, 0.3) is 0 Å². The Morgan fingerprint density at radius 1 is 1.41 bits per heavy atom. The molecule has 0 aliphatic carbocycles. The van der Waals surface area contributed by atoms with Crippen molar-refractivity contribution in [2.75, 3.05) is 31.7 Å². The quantitative estimate of drug-likeness (QED) is 0.818. The zero-order valence-electron chi connectivity index (χ0n) is 13.2. The van der Waals surface area contributed by atoms with Crippen molar-refractivity contribution in [2.24, 2.45) is 0 Å². The average Bonchev–Trinajstić information content (AvgIpc) is 2.53. The van der Waals surface area contributed by atoms with Crippen molar-refractivity contribution in [1.82, 2.24) is 0 Å². The lowest BCUT2D eigenvalue weighted by molar-refractivity contribution is -0.0725. The third-order valence-corrected chi connectivity index (χ3v) is 3.96. The topological polar surface area (TPSA) is 54.3 Å². The Bertz CT molecular complexity index is 534. The van der Waals surface area contributed by atoms with Crippen LogP contribution in [-0.4, -0.2) is 32.0 Å². The Balaban J connectivity index is 1.82. The molecule has 1 fully saturated rings. The number of nitrogens with one attached hydrogen (secondary N) is 1. The molecule has 5 heteroatoms. The van der Waals surface area contributed by atoms with Crippen molar-refractivity contribution in [2.45, 2.75) is 38.2 Å². The van der Waals surface area contributed by atoms with E-state index in [2.05, 4.69) is 11.4 Å². The summed E-state index contributed by atoms with van der Waals surface area (Å²) < 4.78 is 24.9. The van der Waals surface area contributed by atoms with Crippen LogP contribution >= 0.6 is 0 Å². The predicted molar refractivity (Wildman–Crippen MR) is 83.3 cm³/mol. The molecule has 0 saturated carbocycles. The van der Waals surface area contributed by atoms with Crippen LogP contribution in [0.5, 0.6) is 0 Å². The van der Waals surface area contributed by atoms with Crippen LogP contribution < -0.4 is 5.32 Å². The van der Waals surface area contributed by atoms with Gasteiger partial charge in [-0.25, -0.2) is 4.39 Å². The maximum Gasteiger partial charge on any atom is 0.158 e. The Kier molecular flexibility index (Phi) is 5.76. The lowest BCUT2D eigenvalue weighted by Gasteiger charge is -2.30. The summed E-state index contributed by atoms with van der Waals surface area (Å²) in [6.07, 6.45) is 1.17. The number of benzene rings is 1. The summed E-state index contributed by atoms with van der Waals surface area (Å²) >= 11 is 0. The molecule has 1 saturated heterocycles. The monoisotopic (exact) mass is 306 g/mol. The fourth-order valence-corrected chi connectivity index (χ4v) is 2.46. The Hall–Kier alpha value is -1.64. The number of hydrogen-bond acceptors (Lipinski definition) is 4. The molecular formula is C17H23FN2O2. The summed E-state index contributed by atoms with van der Waals surface area (Å²) in [5, 5.41) is 12.3. The zero-order chi connectivity index (χ0) is 16.0. The van der Waals surface area contributed by atoms with Gasteiger partial charge in [0, 0.05) is 19.4 Å². The highest BCUT2D eigenvalue weighted by molar-refractivity contribution is 5.46. The molecule has 0 atom stereocenters. The fraction of sp³-hybridized carbons (Fsp3) is 0.588. The number of rotatable bonds is 6. The molecule has 120 valence electrons. The van der Waals surface area contributed by atoms with Gasteiger partial charge in [-0.3, -0.25) is 0 Å². The van der Waals surface area contributed by atoms with Crippen LogP contribution in [0.3, 0.4) is 0 Å². The van der Waals surface area contributed by atoms with Gasteiger partial charge in [0.25, 0.3) is 0 Å². The molecule has 1 aliphatic heterocycles. The maximum atomic E-state index is 14.0. The third kappa shape index (κ3) is 4.19. The molecule has 0 amide bonds. The SMILES string of the molecule is CC(C)c1ccc(NCCOC2(C#N)CCOCC2)c(F)c1. The molecule has 1 aliphatic rings. The van der Waals surface area contributed by atoms with Crippen LogP contribution in [0.4, 0.5) is 10.1 Å². The molecule has 0 bridgehead atoms. The van der Waals surface area contributed by atoms with E-state index in [-0.39, 0.29) is 5.82 Å². The van der Waals surface area contributed by atoms with Gasteiger partial charge in [-0.2, -0.15) is 5.26 Å². The van der Waals surface area contributed by atoms with Crippen LogP contribution in [0.15, 0.2) is 18.2 Å². The van der Waals surface area contributed by atoms with Crippen LogP contribution in [-0.2, 0) is 9.47 Å². The van der Waals surface area contributed by atoms with E-state index in [1.165, 1.54) is 0 Å². The van der Waals surface area contributed by atoms with E-state index >= 15 is 0 Å². The number of hydrogen-bond donors (Lipinski definition) is 1. The summed E-state index contributed by atoms with van der Waals surface area (Å²) in [7, 11) is 0. The van der Waals surface area contributed by atoms with Gasteiger partial charge in [-0.15, -0.1) is 0 Å². The molecule has 1 aromatic rings. The standard InChI is InChI=1S/C17H23FN2O2/c1-13(2)14-3-4-16(15(18)11-14)20-7-10-22-17(12-19)5-8-21-9-6-17/h3-4,11,13,20H,5-10H2,1-2H3. The third-order valence-electron chi connectivity index (χ3n) is 3.96. The second-order valence-electron chi connectivity index (χ2n) is 5.89. The number of ether oxygens (including phenoxy) is 2. The molecule has 1 heterocycles. The minimum Gasteiger partial charge on any atom is -0.381 e. The first kappa shape index (κ1) is 16.7. The fourth-order valence-electron chi connectivity index (χ4n) is 2.46. The molecule has 0 unspecified atom stereocenters. The highest BCUT2D eigenvalue weighted by Crippen LogP contribution is 2.24. The maximum absolute atomic E-state index is 14.0. The minimum absolute atomic E-state index is 0.257. The van der Waals surface area contributed by atoms with Crippen molar-refractivity contribution in [3.05, 3.63) is 29.6 Å². The van der Waals surface area contributed by atoms with Gasteiger partial charge in [0.05, 0.1) is 31.6 Å². The molecular weight excluding hydrogens is 283 g/mol. The van der Waals surface area contributed by atoms with E-state index in [4.69, 9.17) is 9.47 Å². The van der Waals surface area contributed by atoms with E-state index in [0.29, 0.717) is 50.8 Å². The molecule has 1 N–H and O–H groups in total. The molecule has 0 aromatic heterocycles. The lowest BCUT2D eigenvalue weighted by atomic mass is 9.96. The first-order valence-electron chi connectivity index (χ1n) is 7.72. The van der Waals surface area contributed by atoms with E-state index in [1.807, 2.05) is 19.9 Å². The highest BCUT2D eigenvalue weighted by Gasteiger charge is 2.33. The zero-order valence-corrected chi connectivity index (χ0v) is 13.2. The Labute approximate surface area is 131 Å². The largest absolute Gasteiger partial charge is 0.381 e. The smallest absolute Gasteiger partial charge is 0.158 e. The van der Waals surface area contributed by atoms with Crippen molar-refractivity contribution in [3.8, 4) is 6.07 Å². The van der Waals surface area contributed by atoms with Gasteiger partial charge in [0.1, 0.15) is 5.82 Å². The minimum atomic E-state index is -0.750. The highest BCUT2D eigenvalue weighted by atomic mass is 19.1. The van der Waals surface area contributed by atoms with Gasteiger partial charge < -0.3 is 14.8 Å². The van der Waals surface area contributed by atoms with Gasteiger partial charge >= 0.3 is 0 Å². The number of anilines is 1. The van der Waals surface area contributed by atoms with Crippen molar-refractivity contribution < 1.29 is 13.9 Å². The van der Waals surface area contributed by atoms with Crippen LogP contribution in [0.1, 0.15) is 38.2 Å². The Morgan fingerprint density at radius 3 is 2.73 bits per heavy atom. The average molecular weight is 306 g/mol. The summed E-state index contributed by atoms with van der Waals surface area (Å²) in [5.41, 5.74) is 0.691. The van der Waals surface area contributed by atoms with Gasteiger partial charge in [0.2, 0.25) is 0 Å². The van der Waals surface area contributed by atoms with Gasteiger partial charge in [0.15, 0.2) is 5.60 Å². The molecule has 22 heavy (non-hydrogen) atoms. The molecule has 1 aromatic carbocycles. The second-order valence-corrected chi connectivity index (χ2v) is 5.89. The van der Waals surface area contributed by atoms with E-state index < -0.39 is 5.60 Å². The van der Waals surface area contributed by atoms with E-state index in [0.717, 1.165) is 5.56 Å². The Morgan fingerprint density at radius 2 is 2.14 bits per heavy atom. The van der Waals surface area contributed by atoms with Crippen molar-refractivity contribution >= 4 is 5.69 Å². The summed E-state index contributed by atoms with van der Waals surface area (Å²) in [4.78, 5) is 0. The number of nitrogens with zero attached hydrogens (tertiary/aromatic N) is 1. The summed E-state index contributed by atoms with van der Waals surface area (Å²) in [6, 6.07) is 7.47. The van der Waals surface area contributed by atoms with E-state index in [1.54, 1.807) is 12.1 Å². The molecule has 0 spiro atoms. The first-order valence-corrected chi connectivity index (χ1v) is 7.72. The lowest BCUT2D eigenvalue weighted by Crippen LogP contribution is -2.38. The second kappa shape index (κ2) is 7.57. The van der Waals surface area contributed by atoms with Gasteiger partial charge in [-0.1, -0.05) is 19.9 Å². The number of nitriles is 1. The summed E-state index contributed by atoms with van der Waals surface area (Å²) in [6.45, 7) is 5.98. The van der Waals surface area contributed by atoms with Crippen LogP contribution in [0.2, 0.25) is 0 Å². The van der Waals surface area contributed by atoms with E-state index in [9.17, 15) is 9.65 Å². The van der Waals surface area contributed by atoms with Gasteiger partial charge in [-0.05, 0) is 23.6 Å². The predicted octanol–water partition coefficient (Wildman–Crippen LogP) is 3.45. The van der Waals surface area contributed by atoms with Crippen LogP contribution in [0, 0.1) is 17.1 Å². The normalized spacial score (nSPS) is 17.2.